The standard InChI is InChI=1S/C16H18N4O2S/c1-18-4-5-19(9-15(18)21)12-7-20(8-12)16(22)11-2-3-13-14(6-11)23-10-17-13/h2-3,6,10,12H,4-5,7-9H2,1H3. The van der Waals surface area contributed by atoms with Crippen LogP contribution >= 0.6 is 11.3 Å². The lowest BCUT2D eigenvalue weighted by atomic mass is 10.0. The minimum atomic E-state index is 0.0667. The van der Waals surface area contributed by atoms with Gasteiger partial charge in [-0.3, -0.25) is 14.5 Å². The number of carbonyl (C=O) groups excluding carboxylic acids is 2. The number of fused-ring (bicyclic) bond motifs is 1. The lowest BCUT2D eigenvalue weighted by Crippen LogP contribution is -2.64. The zero-order valence-corrected chi connectivity index (χ0v) is 13.8. The molecule has 0 unspecified atom stereocenters. The summed E-state index contributed by atoms with van der Waals surface area (Å²) >= 11 is 1.55. The Morgan fingerprint density at radius 2 is 2.13 bits per heavy atom. The molecule has 1 aromatic carbocycles. The molecule has 4 rings (SSSR count). The molecule has 3 heterocycles. The Hall–Kier alpha value is -1.99. The second-order valence-electron chi connectivity index (χ2n) is 6.18. The minimum absolute atomic E-state index is 0.0667. The smallest absolute Gasteiger partial charge is 0.254 e. The summed E-state index contributed by atoms with van der Waals surface area (Å²) in [7, 11) is 1.84. The molecular weight excluding hydrogens is 312 g/mol. The molecule has 2 aromatic rings. The van der Waals surface area contributed by atoms with E-state index in [1.807, 2.05) is 30.1 Å². The minimum Gasteiger partial charge on any atom is -0.343 e. The molecule has 2 amide bonds. The van der Waals surface area contributed by atoms with Crippen LogP contribution in [0.4, 0.5) is 0 Å². The van der Waals surface area contributed by atoms with Crippen molar-refractivity contribution in [1.82, 2.24) is 19.7 Å². The third-order valence-corrected chi connectivity index (χ3v) is 5.52. The largest absolute Gasteiger partial charge is 0.343 e. The number of hydrogen-bond acceptors (Lipinski definition) is 5. The molecule has 0 bridgehead atoms. The molecule has 2 fully saturated rings. The third-order valence-electron chi connectivity index (χ3n) is 4.73. The van der Waals surface area contributed by atoms with Gasteiger partial charge in [0.25, 0.3) is 5.91 Å². The summed E-state index contributed by atoms with van der Waals surface area (Å²) < 4.78 is 1.04. The van der Waals surface area contributed by atoms with Gasteiger partial charge in [0.2, 0.25) is 5.91 Å². The number of piperazine rings is 1. The number of benzene rings is 1. The van der Waals surface area contributed by atoms with Gasteiger partial charge in [-0.1, -0.05) is 0 Å². The van der Waals surface area contributed by atoms with Crippen LogP contribution in [0.15, 0.2) is 23.7 Å². The van der Waals surface area contributed by atoms with Crippen LogP contribution in [0.5, 0.6) is 0 Å². The maximum absolute atomic E-state index is 12.6. The fraction of sp³-hybridized carbons (Fsp3) is 0.438. The van der Waals surface area contributed by atoms with Crippen LogP contribution in [0.25, 0.3) is 10.2 Å². The van der Waals surface area contributed by atoms with Crippen LogP contribution in [0.1, 0.15) is 10.4 Å². The van der Waals surface area contributed by atoms with Gasteiger partial charge in [-0.25, -0.2) is 4.98 Å². The summed E-state index contributed by atoms with van der Waals surface area (Å²) in [5.74, 6) is 0.230. The van der Waals surface area contributed by atoms with E-state index in [4.69, 9.17) is 0 Å². The molecule has 0 N–H and O–H groups in total. The Morgan fingerprint density at radius 3 is 2.91 bits per heavy atom. The SMILES string of the molecule is CN1CCN(C2CN(C(=O)c3ccc4ncsc4c3)C2)CC1=O. The van der Waals surface area contributed by atoms with Gasteiger partial charge in [0.15, 0.2) is 0 Å². The molecule has 6 nitrogen and oxygen atoms in total. The quantitative estimate of drug-likeness (QED) is 0.821. The van der Waals surface area contributed by atoms with Gasteiger partial charge in [0.05, 0.1) is 22.3 Å². The number of thiazole rings is 1. The highest BCUT2D eigenvalue weighted by Gasteiger charge is 2.37. The van der Waals surface area contributed by atoms with Crippen molar-refractivity contribution >= 4 is 33.4 Å². The second-order valence-corrected chi connectivity index (χ2v) is 7.07. The Bertz CT molecular complexity index is 768. The number of aromatic nitrogens is 1. The van der Waals surface area contributed by atoms with Crippen molar-refractivity contribution in [1.29, 1.82) is 0 Å². The number of rotatable bonds is 2. The maximum atomic E-state index is 12.6. The van der Waals surface area contributed by atoms with E-state index in [9.17, 15) is 9.59 Å². The normalized spacial score (nSPS) is 20.1. The van der Waals surface area contributed by atoms with E-state index >= 15 is 0 Å². The van der Waals surface area contributed by atoms with Crippen molar-refractivity contribution < 1.29 is 9.59 Å². The molecule has 0 aliphatic carbocycles. The zero-order chi connectivity index (χ0) is 16.0. The molecule has 2 aliphatic rings. The van der Waals surface area contributed by atoms with Crippen LogP contribution in [0.2, 0.25) is 0 Å². The zero-order valence-electron chi connectivity index (χ0n) is 12.9. The van der Waals surface area contributed by atoms with Crippen molar-refractivity contribution in [3.8, 4) is 0 Å². The highest BCUT2D eigenvalue weighted by molar-refractivity contribution is 7.16. The molecule has 2 saturated heterocycles. The molecule has 0 saturated carbocycles. The first kappa shape index (κ1) is 14.6. The first-order valence-electron chi connectivity index (χ1n) is 7.72. The van der Waals surface area contributed by atoms with E-state index < -0.39 is 0 Å². The topological polar surface area (TPSA) is 56.8 Å². The van der Waals surface area contributed by atoms with Crippen LogP contribution < -0.4 is 0 Å². The molecule has 0 radical (unpaired) electrons. The Morgan fingerprint density at radius 1 is 1.30 bits per heavy atom. The Balaban J connectivity index is 1.39. The molecule has 2 aliphatic heterocycles. The molecule has 0 spiro atoms. The molecule has 120 valence electrons. The van der Waals surface area contributed by atoms with Crippen LogP contribution in [0, 0.1) is 0 Å². The summed E-state index contributed by atoms with van der Waals surface area (Å²) in [6.07, 6.45) is 0. The summed E-state index contributed by atoms with van der Waals surface area (Å²) in [4.78, 5) is 34.4. The summed E-state index contributed by atoms with van der Waals surface area (Å²) in [5, 5.41) is 0. The van der Waals surface area contributed by atoms with Crippen LogP contribution in [0.3, 0.4) is 0 Å². The van der Waals surface area contributed by atoms with E-state index in [0.29, 0.717) is 25.7 Å². The van der Waals surface area contributed by atoms with E-state index in [0.717, 1.165) is 28.9 Å². The predicted molar refractivity (Wildman–Crippen MR) is 88.5 cm³/mol. The fourth-order valence-electron chi connectivity index (χ4n) is 3.11. The summed E-state index contributed by atoms with van der Waals surface area (Å²) in [6.45, 7) is 3.54. The number of amides is 2. The lowest BCUT2D eigenvalue weighted by Gasteiger charge is -2.47. The Labute approximate surface area is 138 Å². The van der Waals surface area contributed by atoms with Crippen molar-refractivity contribution in [2.24, 2.45) is 0 Å². The average Bonchev–Trinajstić information content (AvgIpc) is 2.96. The van der Waals surface area contributed by atoms with Crippen LogP contribution in [-0.2, 0) is 4.79 Å². The highest BCUT2D eigenvalue weighted by atomic mass is 32.1. The van der Waals surface area contributed by atoms with Crippen molar-refractivity contribution in [3.63, 3.8) is 0 Å². The number of carbonyl (C=O) groups is 2. The van der Waals surface area contributed by atoms with Gasteiger partial charge in [-0.05, 0) is 18.2 Å². The van der Waals surface area contributed by atoms with E-state index in [-0.39, 0.29) is 11.8 Å². The van der Waals surface area contributed by atoms with Crippen molar-refractivity contribution in [3.05, 3.63) is 29.3 Å². The predicted octanol–water partition coefficient (Wildman–Crippen LogP) is 0.895. The molecular formula is C16H18N4O2S. The number of hydrogen-bond donors (Lipinski definition) is 0. The average molecular weight is 330 g/mol. The summed E-state index contributed by atoms with van der Waals surface area (Å²) in [6, 6.07) is 5.97. The Kier molecular flexibility index (Phi) is 3.54. The summed E-state index contributed by atoms with van der Waals surface area (Å²) in [5.41, 5.74) is 3.45. The monoisotopic (exact) mass is 330 g/mol. The van der Waals surface area contributed by atoms with Gasteiger partial charge in [0.1, 0.15) is 0 Å². The maximum Gasteiger partial charge on any atom is 0.254 e. The number of nitrogens with zero attached hydrogens (tertiary/aromatic N) is 4. The number of likely N-dealkylation sites (N-methyl/N-ethyl adjacent to an activating group) is 1. The van der Waals surface area contributed by atoms with E-state index in [1.54, 1.807) is 21.7 Å². The second kappa shape index (κ2) is 5.58. The van der Waals surface area contributed by atoms with Crippen molar-refractivity contribution in [2.75, 3.05) is 39.8 Å². The highest BCUT2D eigenvalue weighted by Crippen LogP contribution is 2.23. The molecule has 23 heavy (non-hydrogen) atoms. The first-order valence-corrected chi connectivity index (χ1v) is 8.60. The van der Waals surface area contributed by atoms with Gasteiger partial charge in [0, 0.05) is 44.8 Å². The van der Waals surface area contributed by atoms with Gasteiger partial charge < -0.3 is 9.80 Å². The van der Waals surface area contributed by atoms with E-state index in [1.165, 1.54) is 0 Å². The molecule has 1 aromatic heterocycles. The van der Waals surface area contributed by atoms with Crippen LogP contribution in [-0.4, -0.2) is 77.3 Å². The van der Waals surface area contributed by atoms with Gasteiger partial charge >= 0.3 is 0 Å². The fourth-order valence-corrected chi connectivity index (χ4v) is 3.83. The first-order chi connectivity index (χ1) is 11.1. The molecule has 7 heteroatoms. The number of likely N-dealkylation sites (tertiary alicyclic amines) is 1. The van der Waals surface area contributed by atoms with Crippen molar-refractivity contribution in [2.45, 2.75) is 6.04 Å². The lowest BCUT2D eigenvalue weighted by molar-refractivity contribution is -0.136. The third kappa shape index (κ3) is 2.60. The van der Waals surface area contributed by atoms with E-state index in [2.05, 4.69) is 9.88 Å². The molecule has 0 atom stereocenters. The van der Waals surface area contributed by atoms with Gasteiger partial charge in [-0.15, -0.1) is 11.3 Å². The van der Waals surface area contributed by atoms with Gasteiger partial charge in [-0.2, -0.15) is 0 Å².